The number of aryl methyl sites for hydroxylation is 2. The van der Waals surface area contributed by atoms with Gasteiger partial charge in [0, 0.05) is 30.2 Å². The minimum absolute atomic E-state index is 0.0349. The highest BCUT2D eigenvalue weighted by molar-refractivity contribution is 6.02. The molecule has 0 saturated heterocycles. The van der Waals surface area contributed by atoms with Crippen molar-refractivity contribution in [2.75, 3.05) is 19.5 Å². The van der Waals surface area contributed by atoms with Crippen molar-refractivity contribution < 1.29 is 19.1 Å². The monoisotopic (exact) mass is 397 g/mol. The standard InChI is InChI=1S/C22H27N3O4/c1-14-6-7-17(12-15(14)2)23-21(26)10-11-22(27)25-24-16(3)19-9-8-18(28-4)13-20(19)29-5/h6-9,12-13H,10-11H2,1-5H3,(H,23,26)(H,25,27). The largest absolute Gasteiger partial charge is 0.497 e. The number of anilines is 1. The number of ether oxygens (including phenoxy) is 2. The van der Waals surface area contributed by atoms with Crippen molar-refractivity contribution in [1.82, 2.24) is 5.43 Å². The number of nitrogens with one attached hydrogen (secondary N) is 2. The van der Waals surface area contributed by atoms with Crippen molar-refractivity contribution in [3.63, 3.8) is 0 Å². The van der Waals surface area contributed by atoms with E-state index in [9.17, 15) is 9.59 Å². The fraction of sp³-hybridized carbons (Fsp3) is 0.318. The summed E-state index contributed by atoms with van der Waals surface area (Å²) in [5.74, 6) is 0.692. The number of hydrogen-bond donors (Lipinski definition) is 2. The number of hydrogen-bond acceptors (Lipinski definition) is 5. The fourth-order valence-corrected chi connectivity index (χ4v) is 2.63. The summed E-state index contributed by atoms with van der Waals surface area (Å²) in [6, 6.07) is 11.0. The molecule has 0 aliphatic carbocycles. The molecular formula is C22H27N3O4. The fourth-order valence-electron chi connectivity index (χ4n) is 2.63. The maximum Gasteiger partial charge on any atom is 0.240 e. The van der Waals surface area contributed by atoms with Gasteiger partial charge < -0.3 is 14.8 Å². The van der Waals surface area contributed by atoms with Crippen LogP contribution in [0.15, 0.2) is 41.5 Å². The first-order chi connectivity index (χ1) is 13.8. The lowest BCUT2D eigenvalue weighted by Gasteiger charge is -2.10. The van der Waals surface area contributed by atoms with Crippen LogP contribution in [-0.4, -0.2) is 31.7 Å². The van der Waals surface area contributed by atoms with E-state index in [1.165, 1.54) is 0 Å². The maximum absolute atomic E-state index is 12.1. The Morgan fingerprint density at radius 3 is 2.31 bits per heavy atom. The van der Waals surface area contributed by atoms with Gasteiger partial charge in [0.25, 0.3) is 0 Å². The summed E-state index contributed by atoms with van der Waals surface area (Å²) in [6.45, 7) is 5.75. The van der Waals surface area contributed by atoms with Crippen LogP contribution in [0.2, 0.25) is 0 Å². The van der Waals surface area contributed by atoms with Gasteiger partial charge in [0.05, 0.1) is 19.9 Å². The molecule has 0 fully saturated rings. The van der Waals surface area contributed by atoms with Gasteiger partial charge in [-0.1, -0.05) is 6.07 Å². The van der Waals surface area contributed by atoms with Crippen molar-refractivity contribution in [2.45, 2.75) is 33.6 Å². The van der Waals surface area contributed by atoms with Crippen LogP contribution < -0.4 is 20.2 Å². The van der Waals surface area contributed by atoms with Crippen LogP contribution in [0.25, 0.3) is 0 Å². The molecule has 0 aliphatic rings. The summed E-state index contributed by atoms with van der Waals surface area (Å²) in [7, 11) is 3.13. The van der Waals surface area contributed by atoms with E-state index >= 15 is 0 Å². The Morgan fingerprint density at radius 1 is 0.931 bits per heavy atom. The summed E-state index contributed by atoms with van der Waals surface area (Å²) >= 11 is 0. The molecule has 0 bridgehead atoms. The summed E-state index contributed by atoms with van der Waals surface area (Å²) in [5, 5.41) is 6.91. The SMILES string of the molecule is COc1ccc(C(C)=NNC(=O)CCC(=O)Nc2ccc(C)c(C)c2)c(OC)c1. The molecule has 7 nitrogen and oxygen atoms in total. The summed E-state index contributed by atoms with van der Waals surface area (Å²) < 4.78 is 10.5. The molecule has 0 aliphatic heterocycles. The zero-order valence-corrected chi connectivity index (χ0v) is 17.5. The molecule has 0 aromatic heterocycles. The van der Waals surface area contributed by atoms with Crippen LogP contribution >= 0.6 is 0 Å². The van der Waals surface area contributed by atoms with E-state index in [1.54, 1.807) is 39.3 Å². The third-order valence-corrected chi connectivity index (χ3v) is 4.52. The van der Waals surface area contributed by atoms with Gasteiger partial charge in [-0.2, -0.15) is 5.10 Å². The molecule has 0 saturated carbocycles. The van der Waals surface area contributed by atoms with Crippen molar-refractivity contribution in [2.24, 2.45) is 5.10 Å². The average Bonchev–Trinajstić information content (AvgIpc) is 2.72. The number of methoxy groups -OCH3 is 2. The van der Waals surface area contributed by atoms with Crippen molar-refractivity contribution in [3.05, 3.63) is 53.1 Å². The summed E-state index contributed by atoms with van der Waals surface area (Å²) in [4.78, 5) is 24.1. The van der Waals surface area contributed by atoms with Crippen LogP contribution in [0.1, 0.15) is 36.5 Å². The molecule has 0 unspecified atom stereocenters. The van der Waals surface area contributed by atoms with Gasteiger partial charge in [0.2, 0.25) is 11.8 Å². The van der Waals surface area contributed by atoms with E-state index in [-0.39, 0.29) is 24.7 Å². The minimum atomic E-state index is -0.341. The number of amides is 2. The van der Waals surface area contributed by atoms with Gasteiger partial charge in [0.1, 0.15) is 11.5 Å². The van der Waals surface area contributed by atoms with Crippen LogP contribution in [0.3, 0.4) is 0 Å². The molecule has 29 heavy (non-hydrogen) atoms. The van der Waals surface area contributed by atoms with E-state index in [0.29, 0.717) is 17.2 Å². The molecule has 154 valence electrons. The van der Waals surface area contributed by atoms with Crippen LogP contribution in [0, 0.1) is 13.8 Å². The molecule has 0 spiro atoms. The van der Waals surface area contributed by atoms with Gasteiger partial charge in [-0.15, -0.1) is 0 Å². The molecule has 2 amide bonds. The van der Waals surface area contributed by atoms with Gasteiger partial charge in [-0.05, 0) is 56.2 Å². The molecule has 2 rings (SSSR count). The van der Waals surface area contributed by atoms with Gasteiger partial charge in [0.15, 0.2) is 0 Å². The maximum atomic E-state index is 12.1. The topological polar surface area (TPSA) is 89.0 Å². The number of carbonyl (C=O) groups is 2. The van der Waals surface area contributed by atoms with Gasteiger partial charge >= 0.3 is 0 Å². The third-order valence-electron chi connectivity index (χ3n) is 4.52. The quantitative estimate of drug-likeness (QED) is 0.526. The van der Waals surface area contributed by atoms with E-state index in [1.807, 2.05) is 32.0 Å². The summed E-state index contributed by atoms with van der Waals surface area (Å²) in [5.41, 5.74) is 6.77. The second-order valence-electron chi connectivity index (χ2n) is 6.65. The molecule has 2 aromatic carbocycles. The third kappa shape index (κ3) is 6.34. The van der Waals surface area contributed by atoms with Crippen molar-refractivity contribution in [3.8, 4) is 11.5 Å². The highest BCUT2D eigenvalue weighted by atomic mass is 16.5. The molecular weight excluding hydrogens is 370 g/mol. The Balaban J connectivity index is 1.88. The highest BCUT2D eigenvalue weighted by Crippen LogP contribution is 2.25. The first-order valence-corrected chi connectivity index (χ1v) is 9.26. The van der Waals surface area contributed by atoms with Crippen LogP contribution in [-0.2, 0) is 9.59 Å². The van der Waals surface area contributed by atoms with Crippen LogP contribution in [0.5, 0.6) is 11.5 Å². The number of benzene rings is 2. The van der Waals surface area contributed by atoms with Crippen molar-refractivity contribution in [1.29, 1.82) is 0 Å². The Morgan fingerprint density at radius 2 is 1.66 bits per heavy atom. The summed E-state index contributed by atoms with van der Waals surface area (Å²) in [6.07, 6.45) is 0.104. The second kappa shape index (κ2) is 10.3. The highest BCUT2D eigenvalue weighted by Gasteiger charge is 2.10. The lowest BCUT2D eigenvalue weighted by molar-refractivity contribution is -0.124. The normalized spacial score (nSPS) is 11.0. The first kappa shape index (κ1) is 21.9. The van der Waals surface area contributed by atoms with E-state index in [0.717, 1.165) is 22.4 Å². The number of nitrogens with zero attached hydrogens (tertiary/aromatic N) is 1. The Bertz CT molecular complexity index is 922. The van der Waals surface area contributed by atoms with E-state index in [4.69, 9.17) is 9.47 Å². The number of hydrazone groups is 1. The Kier molecular flexibility index (Phi) is 7.77. The predicted octanol–water partition coefficient (Wildman–Crippen LogP) is 3.58. The molecule has 2 aromatic rings. The molecule has 2 N–H and O–H groups in total. The van der Waals surface area contributed by atoms with Gasteiger partial charge in [-0.3, -0.25) is 9.59 Å². The second-order valence-corrected chi connectivity index (χ2v) is 6.65. The van der Waals surface area contributed by atoms with Gasteiger partial charge in [-0.25, -0.2) is 5.43 Å². The zero-order valence-electron chi connectivity index (χ0n) is 17.5. The molecule has 7 heteroatoms. The number of rotatable bonds is 8. The number of carbonyl (C=O) groups excluding carboxylic acids is 2. The lowest BCUT2D eigenvalue weighted by atomic mass is 10.1. The first-order valence-electron chi connectivity index (χ1n) is 9.26. The Labute approximate surface area is 171 Å². The smallest absolute Gasteiger partial charge is 0.240 e. The molecule has 0 radical (unpaired) electrons. The Hall–Kier alpha value is -3.35. The average molecular weight is 397 g/mol. The molecule has 0 atom stereocenters. The zero-order chi connectivity index (χ0) is 21.4. The predicted molar refractivity (Wildman–Crippen MR) is 114 cm³/mol. The minimum Gasteiger partial charge on any atom is -0.497 e. The molecule has 0 heterocycles. The van der Waals surface area contributed by atoms with Crippen LogP contribution in [0.4, 0.5) is 5.69 Å². The van der Waals surface area contributed by atoms with E-state index in [2.05, 4.69) is 15.8 Å². The lowest BCUT2D eigenvalue weighted by Crippen LogP contribution is -2.22. The van der Waals surface area contributed by atoms with Crippen molar-refractivity contribution >= 4 is 23.2 Å². The van der Waals surface area contributed by atoms with E-state index < -0.39 is 0 Å².